The van der Waals surface area contributed by atoms with Gasteiger partial charge in [0.25, 0.3) is 0 Å². The van der Waals surface area contributed by atoms with E-state index in [4.69, 9.17) is 4.84 Å². The van der Waals surface area contributed by atoms with Crippen molar-refractivity contribution in [1.82, 2.24) is 5.06 Å². The second-order valence-electron chi connectivity index (χ2n) is 1.28. The van der Waals surface area contributed by atoms with Gasteiger partial charge in [-0.05, 0) is 0 Å². The maximum absolute atomic E-state index is 4.73. The highest BCUT2D eigenvalue weighted by molar-refractivity contribution is 5.45. The first-order chi connectivity index (χ1) is 4.27. The lowest BCUT2D eigenvalue weighted by molar-refractivity contribution is -0.0107. The Labute approximate surface area is 57.3 Å². The zero-order valence-corrected chi connectivity index (χ0v) is 6.88. The van der Waals surface area contributed by atoms with Crippen molar-refractivity contribution in [1.29, 1.82) is 0 Å². The van der Waals surface area contributed by atoms with E-state index in [1.165, 1.54) is 6.40 Å². The zero-order chi connectivity index (χ0) is 7.70. The molecular weight excluding hydrogens is 116 g/mol. The fourth-order valence-electron chi connectivity index (χ4n) is 0.141. The van der Waals surface area contributed by atoms with E-state index in [-0.39, 0.29) is 0 Å². The van der Waals surface area contributed by atoms with Gasteiger partial charge in [0.1, 0.15) is 0 Å². The van der Waals surface area contributed by atoms with Crippen molar-refractivity contribution in [2.24, 2.45) is 4.99 Å². The van der Waals surface area contributed by atoms with Gasteiger partial charge in [0.15, 0.2) is 6.40 Å². The predicted molar refractivity (Wildman–Crippen MR) is 40.5 cm³/mol. The highest BCUT2D eigenvalue weighted by atomic mass is 16.7. The van der Waals surface area contributed by atoms with Crippen LogP contribution in [0, 0.1) is 0 Å². The van der Waals surface area contributed by atoms with Crippen LogP contribution < -0.4 is 0 Å². The lowest BCUT2D eigenvalue weighted by Gasteiger charge is -2.03. The Morgan fingerprint density at radius 2 is 1.78 bits per heavy atom. The summed E-state index contributed by atoms with van der Waals surface area (Å²) in [4.78, 5) is 8.32. The molecule has 0 saturated carbocycles. The summed E-state index contributed by atoms with van der Waals surface area (Å²) in [5.41, 5.74) is 0. The third-order valence-corrected chi connectivity index (χ3v) is 0.363. The molecule has 0 aromatic heterocycles. The maximum atomic E-state index is 4.73. The average Bonchev–Trinajstić information content (AvgIpc) is 1.88. The van der Waals surface area contributed by atoms with Gasteiger partial charge in [-0.15, -0.1) is 5.06 Å². The molecule has 0 fully saturated rings. The normalized spacial score (nSPS) is 9.11. The minimum atomic E-state index is 1.38. The largest absolute Gasteiger partial charge is 0.395 e. The Bertz CT molecular complexity index is 62.1. The van der Waals surface area contributed by atoms with E-state index >= 15 is 0 Å². The summed E-state index contributed by atoms with van der Waals surface area (Å²) in [6.45, 7) is 4.00. The molecule has 0 rings (SSSR count). The molecule has 0 heterocycles. The number of hydrogen-bond acceptors (Lipinski definition) is 3. The molecule has 0 aliphatic carbocycles. The van der Waals surface area contributed by atoms with Gasteiger partial charge in [0.2, 0.25) is 0 Å². The Morgan fingerprint density at radius 1 is 1.33 bits per heavy atom. The smallest absolute Gasteiger partial charge is 0.196 e. The summed E-state index contributed by atoms with van der Waals surface area (Å²) >= 11 is 0. The van der Waals surface area contributed by atoms with E-state index in [1.807, 2.05) is 13.8 Å². The van der Waals surface area contributed by atoms with Crippen molar-refractivity contribution >= 4 is 6.40 Å². The number of nitrogens with zero attached hydrogens (tertiary/aromatic N) is 2. The van der Waals surface area contributed by atoms with Gasteiger partial charge >= 0.3 is 0 Å². The van der Waals surface area contributed by atoms with Crippen molar-refractivity contribution < 1.29 is 4.84 Å². The average molecular weight is 132 g/mol. The summed E-state index contributed by atoms with van der Waals surface area (Å²) in [5.74, 6) is 0. The lowest BCUT2D eigenvalue weighted by atomic mass is 11.0. The van der Waals surface area contributed by atoms with Crippen LogP contribution in [-0.4, -0.2) is 32.6 Å². The van der Waals surface area contributed by atoms with Crippen LogP contribution in [0.25, 0.3) is 0 Å². The highest BCUT2D eigenvalue weighted by Gasteiger charge is 1.76. The number of rotatable bonds is 2. The van der Waals surface area contributed by atoms with Crippen LogP contribution in [0.15, 0.2) is 4.99 Å². The van der Waals surface area contributed by atoms with Gasteiger partial charge in [0.05, 0.1) is 0 Å². The van der Waals surface area contributed by atoms with Crippen molar-refractivity contribution in [2.45, 2.75) is 13.8 Å². The van der Waals surface area contributed by atoms with Gasteiger partial charge in [0, 0.05) is 21.1 Å². The third kappa shape index (κ3) is 18.6. The monoisotopic (exact) mass is 132 g/mol. The van der Waals surface area contributed by atoms with Gasteiger partial charge in [-0.1, -0.05) is 13.8 Å². The molecule has 0 saturated heterocycles. The summed E-state index contributed by atoms with van der Waals surface area (Å²) < 4.78 is 0. The number of hydrogen-bond donors (Lipinski definition) is 0. The minimum Gasteiger partial charge on any atom is -0.395 e. The first-order valence-electron chi connectivity index (χ1n) is 3.02. The zero-order valence-electron chi connectivity index (χ0n) is 6.88. The Balaban J connectivity index is 0. The molecule has 0 N–H and O–H groups in total. The molecule has 0 bridgehead atoms. The van der Waals surface area contributed by atoms with Gasteiger partial charge in [-0.25, -0.2) is 0 Å². The second-order valence-corrected chi connectivity index (χ2v) is 1.28. The Hall–Kier alpha value is -0.570. The maximum Gasteiger partial charge on any atom is 0.196 e. The first kappa shape index (κ1) is 11.3. The number of aliphatic imine (C=N–C) groups is 1. The molecule has 0 atom stereocenters. The molecular formula is C6H16N2O. The van der Waals surface area contributed by atoms with Crippen LogP contribution in [-0.2, 0) is 4.84 Å². The molecule has 0 unspecified atom stereocenters. The molecule has 0 aromatic carbocycles. The summed E-state index contributed by atoms with van der Waals surface area (Å²) in [5, 5.41) is 1.56. The molecule has 0 radical (unpaired) electrons. The molecule has 0 aromatic rings. The van der Waals surface area contributed by atoms with Crippen LogP contribution >= 0.6 is 0 Å². The van der Waals surface area contributed by atoms with Gasteiger partial charge in [-0.2, -0.15) is 0 Å². The fraction of sp³-hybridized carbons (Fsp3) is 0.833. The van der Waals surface area contributed by atoms with E-state index in [2.05, 4.69) is 4.99 Å². The van der Waals surface area contributed by atoms with Crippen LogP contribution in [0.2, 0.25) is 0 Å². The predicted octanol–water partition coefficient (Wildman–Crippen LogP) is 1.16. The molecule has 0 aliphatic rings. The van der Waals surface area contributed by atoms with Crippen LogP contribution in [0.5, 0.6) is 0 Å². The molecule has 56 valence electrons. The van der Waals surface area contributed by atoms with Crippen molar-refractivity contribution in [2.75, 3.05) is 21.1 Å². The van der Waals surface area contributed by atoms with Crippen molar-refractivity contribution in [3.05, 3.63) is 0 Å². The van der Waals surface area contributed by atoms with Crippen LogP contribution in [0.4, 0.5) is 0 Å². The SMILES string of the molecule is CC.CN=CON(C)C. The van der Waals surface area contributed by atoms with Crippen LogP contribution in [0.3, 0.4) is 0 Å². The fourth-order valence-corrected chi connectivity index (χ4v) is 0.141. The summed E-state index contributed by atoms with van der Waals surface area (Å²) in [7, 11) is 5.24. The summed E-state index contributed by atoms with van der Waals surface area (Å²) in [6.07, 6.45) is 1.38. The van der Waals surface area contributed by atoms with Crippen LogP contribution in [0.1, 0.15) is 13.8 Å². The van der Waals surface area contributed by atoms with Gasteiger partial charge < -0.3 is 4.84 Å². The quantitative estimate of drug-likeness (QED) is 0.320. The van der Waals surface area contributed by atoms with E-state index in [9.17, 15) is 0 Å². The summed E-state index contributed by atoms with van der Waals surface area (Å²) in [6, 6.07) is 0. The van der Waals surface area contributed by atoms with Crippen molar-refractivity contribution in [3.63, 3.8) is 0 Å². The Kier molecular flexibility index (Phi) is 13.0. The molecule has 3 nitrogen and oxygen atoms in total. The van der Waals surface area contributed by atoms with E-state index in [0.717, 1.165) is 0 Å². The minimum absolute atomic E-state index is 1.38. The molecule has 9 heavy (non-hydrogen) atoms. The highest BCUT2D eigenvalue weighted by Crippen LogP contribution is 1.69. The topological polar surface area (TPSA) is 24.8 Å². The first-order valence-corrected chi connectivity index (χ1v) is 3.02. The van der Waals surface area contributed by atoms with Gasteiger partial charge in [-0.3, -0.25) is 4.99 Å². The molecule has 0 aliphatic heterocycles. The molecule has 0 spiro atoms. The lowest BCUT2D eigenvalue weighted by Crippen LogP contribution is -2.10. The standard InChI is InChI=1S/C4H10N2O.C2H6/c1-5-4-7-6(2)3;1-2/h4H,1-3H3;1-2H3. The van der Waals surface area contributed by atoms with E-state index in [0.29, 0.717) is 0 Å². The molecule has 3 heteroatoms. The number of hydroxylamine groups is 2. The van der Waals surface area contributed by atoms with Crippen molar-refractivity contribution in [3.8, 4) is 0 Å². The second kappa shape index (κ2) is 10.4. The Morgan fingerprint density at radius 3 is 1.89 bits per heavy atom. The molecule has 0 amide bonds. The van der Waals surface area contributed by atoms with E-state index < -0.39 is 0 Å². The third-order valence-electron chi connectivity index (χ3n) is 0.363. The van der Waals surface area contributed by atoms with E-state index in [1.54, 1.807) is 26.2 Å².